The van der Waals surface area contributed by atoms with Gasteiger partial charge in [-0.25, -0.2) is 4.39 Å². The third kappa shape index (κ3) is 2.68. The van der Waals surface area contributed by atoms with E-state index in [9.17, 15) is 4.39 Å². The Hall–Kier alpha value is -1.87. The lowest BCUT2D eigenvalue weighted by molar-refractivity contribution is 0.408. The first-order valence-corrected chi connectivity index (χ1v) is 6.65. The van der Waals surface area contributed by atoms with Crippen molar-refractivity contribution in [2.24, 2.45) is 0 Å². The molecule has 2 aromatic rings. The topological polar surface area (TPSA) is 21.3 Å². The number of nitrogens with one attached hydrogen (secondary N) is 1. The van der Waals surface area contributed by atoms with Gasteiger partial charge in [0.25, 0.3) is 0 Å². The number of halogens is 1. The van der Waals surface area contributed by atoms with Gasteiger partial charge in [-0.15, -0.1) is 0 Å². The van der Waals surface area contributed by atoms with Crippen molar-refractivity contribution in [1.29, 1.82) is 0 Å². The molecule has 0 fully saturated rings. The molecule has 0 amide bonds. The summed E-state index contributed by atoms with van der Waals surface area (Å²) in [5.74, 6) is 0.690. The maximum Gasteiger partial charge on any atom is 0.128 e. The maximum atomic E-state index is 14.0. The predicted molar refractivity (Wildman–Crippen MR) is 79.8 cm³/mol. The summed E-state index contributed by atoms with van der Waals surface area (Å²) >= 11 is 0. The van der Waals surface area contributed by atoms with Crippen LogP contribution in [0.2, 0.25) is 0 Å². The normalized spacial score (nSPS) is 12.2. The molecule has 0 bridgehead atoms. The molecule has 2 rings (SSSR count). The van der Waals surface area contributed by atoms with Gasteiger partial charge in [0.2, 0.25) is 0 Å². The summed E-state index contributed by atoms with van der Waals surface area (Å²) in [6.07, 6.45) is 0. The Morgan fingerprint density at radius 2 is 1.70 bits per heavy atom. The van der Waals surface area contributed by atoms with Gasteiger partial charge in [-0.3, -0.25) is 0 Å². The van der Waals surface area contributed by atoms with Crippen molar-refractivity contribution in [3.63, 3.8) is 0 Å². The predicted octanol–water partition coefficient (Wildman–Crippen LogP) is 3.76. The number of hydrogen-bond donors (Lipinski definition) is 1. The van der Waals surface area contributed by atoms with Gasteiger partial charge < -0.3 is 10.1 Å². The minimum atomic E-state index is -0.196. The van der Waals surface area contributed by atoms with E-state index in [1.54, 1.807) is 13.2 Å². The average Bonchev–Trinajstić information content (AvgIpc) is 2.41. The molecule has 1 unspecified atom stereocenters. The van der Waals surface area contributed by atoms with E-state index in [2.05, 4.69) is 5.32 Å². The van der Waals surface area contributed by atoms with Crippen LogP contribution in [0.1, 0.15) is 28.3 Å². The van der Waals surface area contributed by atoms with Crippen molar-refractivity contribution >= 4 is 0 Å². The summed E-state index contributed by atoms with van der Waals surface area (Å²) in [6.45, 7) is 4.01. The smallest absolute Gasteiger partial charge is 0.128 e. The minimum Gasteiger partial charge on any atom is -0.496 e. The van der Waals surface area contributed by atoms with Crippen LogP contribution < -0.4 is 10.1 Å². The first-order valence-electron chi connectivity index (χ1n) is 6.65. The number of benzene rings is 2. The van der Waals surface area contributed by atoms with Gasteiger partial charge in [0.1, 0.15) is 11.6 Å². The van der Waals surface area contributed by atoms with Crippen LogP contribution in [0.4, 0.5) is 4.39 Å². The first kappa shape index (κ1) is 14.5. The molecule has 0 aliphatic heterocycles. The summed E-state index contributed by atoms with van der Waals surface area (Å²) in [6, 6.07) is 10.8. The summed E-state index contributed by atoms with van der Waals surface area (Å²) in [5.41, 5.74) is 3.80. The molecular weight excluding hydrogens is 253 g/mol. The molecule has 1 N–H and O–H groups in total. The average molecular weight is 273 g/mol. The van der Waals surface area contributed by atoms with E-state index in [4.69, 9.17) is 4.74 Å². The highest BCUT2D eigenvalue weighted by Crippen LogP contribution is 2.30. The zero-order valence-electron chi connectivity index (χ0n) is 12.3. The van der Waals surface area contributed by atoms with E-state index in [1.807, 2.05) is 45.2 Å². The van der Waals surface area contributed by atoms with Crippen LogP contribution in [0.15, 0.2) is 36.4 Å². The largest absolute Gasteiger partial charge is 0.496 e. The molecule has 2 nitrogen and oxygen atoms in total. The lowest BCUT2D eigenvalue weighted by Crippen LogP contribution is -2.19. The van der Waals surface area contributed by atoms with E-state index in [-0.39, 0.29) is 11.9 Å². The molecule has 1 atom stereocenters. The second kappa shape index (κ2) is 6.06. The highest BCUT2D eigenvalue weighted by Gasteiger charge is 2.17. The molecule has 2 aromatic carbocycles. The van der Waals surface area contributed by atoms with Gasteiger partial charge in [-0.05, 0) is 43.7 Å². The third-order valence-electron chi connectivity index (χ3n) is 3.53. The van der Waals surface area contributed by atoms with Gasteiger partial charge in [0, 0.05) is 5.56 Å². The zero-order valence-corrected chi connectivity index (χ0v) is 12.3. The van der Waals surface area contributed by atoms with E-state index < -0.39 is 0 Å². The van der Waals surface area contributed by atoms with Gasteiger partial charge in [0.15, 0.2) is 0 Å². The van der Waals surface area contributed by atoms with Crippen LogP contribution in [0.25, 0.3) is 0 Å². The lowest BCUT2D eigenvalue weighted by atomic mass is 9.95. The molecule has 0 aliphatic carbocycles. The SMILES string of the molecule is CNC(c1cc(C)c(OC)c(C)c1)c1ccccc1F. The van der Waals surface area contributed by atoms with Crippen LogP contribution in [0, 0.1) is 19.7 Å². The van der Waals surface area contributed by atoms with Crippen LogP contribution >= 0.6 is 0 Å². The second-order valence-electron chi connectivity index (χ2n) is 4.93. The Labute approximate surface area is 119 Å². The number of rotatable bonds is 4. The Balaban J connectivity index is 2.51. The van der Waals surface area contributed by atoms with Gasteiger partial charge in [-0.2, -0.15) is 0 Å². The van der Waals surface area contributed by atoms with E-state index in [0.717, 1.165) is 22.4 Å². The maximum absolute atomic E-state index is 14.0. The molecule has 0 saturated heterocycles. The standard InChI is InChI=1S/C17H20FNO/c1-11-9-13(10-12(2)17(11)20-4)16(19-3)14-7-5-6-8-15(14)18/h5-10,16,19H,1-4H3. The first-order chi connectivity index (χ1) is 9.58. The monoisotopic (exact) mass is 273 g/mol. The summed E-state index contributed by atoms with van der Waals surface area (Å²) in [7, 11) is 3.51. The van der Waals surface area contributed by atoms with E-state index >= 15 is 0 Å². The molecule has 0 saturated carbocycles. The Bertz CT molecular complexity index is 587. The molecule has 0 aliphatic rings. The lowest BCUT2D eigenvalue weighted by Gasteiger charge is -2.20. The molecule has 0 aromatic heterocycles. The van der Waals surface area contributed by atoms with Crippen molar-refractivity contribution in [2.45, 2.75) is 19.9 Å². The quantitative estimate of drug-likeness (QED) is 0.915. The fourth-order valence-corrected chi connectivity index (χ4v) is 2.68. The number of ether oxygens (including phenoxy) is 1. The molecule has 0 heterocycles. The van der Waals surface area contributed by atoms with Crippen molar-refractivity contribution < 1.29 is 9.13 Å². The zero-order chi connectivity index (χ0) is 14.7. The molecule has 20 heavy (non-hydrogen) atoms. The fourth-order valence-electron chi connectivity index (χ4n) is 2.68. The number of aryl methyl sites for hydroxylation is 2. The van der Waals surface area contributed by atoms with Gasteiger partial charge >= 0.3 is 0 Å². The summed E-state index contributed by atoms with van der Waals surface area (Å²) in [4.78, 5) is 0. The van der Waals surface area contributed by atoms with Crippen molar-refractivity contribution in [2.75, 3.05) is 14.2 Å². The molecular formula is C17H20FNO. The van der Waals surface area contributed by atoms with Crippen molar-refractivity contribution in [3.8, 4) is 5.75 Å². The van der Waals surface area contributed by atoms with Crippen molar-refractivity contribution in [1.82, 2.24) is 5.32 Å². The van der Waals surface area contributed by atoms with E-state index in [0.29, 0.717) is 5.56 Å². The van der Waals surface area contributed by atoms with Crippen LogP contribution in [-0.2, 0) is 0 Å². The number of methoxy groups -OCH3 is 1. The minimum absolute atomic E-state index is 0.167. The Morgan fingerprint density at radius 3 is 2.20 bits per heavy atom. The Morgan fingerprint density at radius 1 is 1.10 bits per heavy atom. The third-order valence-corrected chi connectivity index (χ3v) is 3.53. The van der Waals surface area contributed by atoms with Gasteiger partial charge in [0.05, 0.1) is 13.2 Å². The van der Waals surface area contributed by atoms with Crippen LogP contribution in [0.3, 0.4) is 0 Å². The van der Waals surface area contributed by atoms with Gasteiger partial charge in [-0.1, -0.05) is 30.3 Å². The molecule has 106 valence electrons. The fraction of sp³-hybridized carbons (Fsp3) is 0.294. The molecule has 3 heteroatoms. The second-order valence-corrected chi connectivity index (χ2v) is 4.93. The molecule has 0 spiro atoms. The van der Waals surface area contributed by atoms with E-state index in [1.165, 1.54) is 6.07 Å². The van der Waals surface area contributed by atoms with Crippen LogP contribution in [0.5, 0.6) is 5.75 Å². The highest BCUT2D eigenvalue weighted by atomic mass is 19.1. The molecule has 0 radical (unpaired) electrons. The van der Waals surface area contributed by atoms with Crippen LogP contribution in [-0.4, -0.2) is 14.2 Å². The highest BCUT2D eigenvalue weighted by molar-refractivity contribution is 5.46. The summed E-state index contributed by atoms with van der Waals surface area (Å²) in [5, 5.41) is 3.19. The Kier molecular flexibility index (Phi) is 4.40. The van der Waals surface area contributed by atoms with Crippen molar-refractivity contribution in [3.05, 3.63) is 64.5 Å². The summed E-state index contributed by atoms with van der Waals surface area (Å²) < 4.78 is 19.4. The number of hydrogen-bond acceptors (Lipinski definition) is 2.